The van der Waals surface area contributed by atoms with Crippen LogP contribution in [0.15, 0.2) is 24.3 Å². The smallest absolute Gasteiger partial charge is 0.243 e. The van der Waals surface area contributed by atoms with E-state index < -0.39 is 0 Å². The van der Waals surface area contributed by atoms with Crippen LogP contribution in [0.25, 0.3) is 11.4 Å². The van der Waals surface area contributed by atoms with Crippen molar-refractivity contribution >= 4 is 17.5 Å². The van der Waals surface area contributed by atoms with Crippen LogP contribution in [0.5, 0.6) is 0 Å². The summed E-state index contributed by atoms with van der Waals surface area (Å²) in [6, 6.07) is 7.16. The summed E-state index contributed by atoms with van der Waals surface area (Å²) in [5, 5.41) is 15.7. The number of halogens is 1. The second kappa shape index (κ2) is 8.89. The van der Waals surface area contributed by atoms with Crippen molar-refractivity contribution in [2.24, 2.45) is 0 Å². The van der Waals surface area contributed by atoms with Crippen LogP contribution in [0.4, 0.5) is 0 Å². The van der Waals surface area contributed by atoms with E-state index in [2.05, 4.69) is 20.7 Å². The zero-order chi connectivity index (χ0) is 17.5. The Labute approximate surface area is 151 Å². The molecule has 2 N–H and O–H groups in total. The standard InChI is InChI=1S/C16H21ClN6O2/c17-14-4-2-13(3-5-14)16-19-21-23(20-16)12-15(24)18-6-1-7-22-8-10-25-11-9-22/h2-5H,1,6-12H2,(H,18,24)/p+1. The van der Waals surface area contributed by atoms with Gasteiger partial charge in [0.15, 0.2) is 0 Å². The molecule has 1 aromatic carbocycles. The van der Waals surface area contributed by atoms with Gasteiger partial charge in [-0.15, -0.1) is 10.2 Å². The van der Waals surface area contributed by atoms with Gasteiger partial charge in [-0.3, -0.25) is 4.79 Å². The monoisotopic (exact) mass is 365 g/mol. The molecule has 1 saturated heterocycles. The van der Waals surface area contributed by atoms with Crippen LogP contribution in [0.2, 0.25) is 5.02 Å². The number of carbonyl (C=O) groups is 1. The van der Waals surface area contributed by atoms with Crippen LogP contribution in [-0.2, 0) is 16.1 Å². The summed E-state index contributed by atoms with van der Waals surface area (Å²) in [5.74, 6) is 0.359. The number of hydrogen-bond donors (Lipinski definition) is 2. The molecule has 0 bridgehead atoms. The molecule has 1 fully saturated rings. The summed E-state index contributed by atoms with van der Waals surface area (Å²) in [4.78, 5) is 14.8. The number of quaternary nitrogens is 1. The van der Waals surface area contributed by atoms with Gasteiger partial charge in [-0.25, -0.2) is 0 Å². The van der Waals surface area contributed by atoms with Crippen molar-refractivity contribution in [3.05, 3.63) is 29.3 Å². The van der Waals surface area contributed by atoms with Crippen LogP contribution in [0.3, 0.4) is 0 Å². The van der Waals surface area contributed by atoms with Gasteiger partial charge < -0.3 is 15.0 Å². The Morgan fingerprint density at radius 2 is 2.04 bits per heavy atom. The third-order valence-corrected chi connectivity index (χ3v) is 4.32. The number of benzene rings is 1. The van der Waals surface area contributed by atoms with Crippen molar-refractivity contribution in [2.45, 2.75) is 13.0 Å². The molecule has 0 radical (unpaired) electrons. The second-order valence-corrected chi connectivity index (χ2v) is 6.40. The fraction of sp³-hybridized carbons (Fsp3) is 0.500. The van der Waals surface area contributed by atoms with E-state index >= 15 is 0 Å². The molecule has 2 heterocycles. The van der Waals surface area contributed by atoms with Gasteiger partial charge in [0.05, 0.1) is 19.8 Å². The predicted octanol–water partition coefficient (Wildman–Crippen LogP) is -0.585. The molecule has 2 aromatic rings. The fourth-order valence-electron chi connectivity index (χ4n) is 2.69. The number of amides is 1. The van der Waals surface area contributed by atoms with E-state index in [1.807, 2.05) is 12.1 Å². The van der Waals surface area contributed by atoms with Gasteiger partial charge in [-0.05, 0) is 29.5 Å². The van der Waals surface area contributed by atoms with E-state index in [0.717, 1.165) is 44.8 Å². The number of aromatic nitrogens is 4. The average Bonchev–Trinajstić information content (AvgIpc) is 3.09. The van der Waals surface area contributed by atoms with Crippen LogP contribution < -0.4 is 10.2 Å². The summed E-state index contributed by atoms with van der Waals surface area (Å²) in [6.45, 7) is 5.51. The minimum atomic E-state index is -0.114. The Kier molecular flexibility index (Phi) is 6.32. The summed E-state index contributed by atoms with van der Waals surface area (Å²) in [5.41, 5.74) is 0.810. The quantitative estimate of drug-likeness (QED) is 0.641. The van der Waals surface area contributed by atoms with E-state index in [4.69, 9.17) is 16.3 Å². The Morgan fingerprint density at radius 3 is 2.80 bits per heavy atom. The fourth-order valence-corrected chi connectivity index (χ4v) is 2.81. The summed E-state index contributed by atoms with van der Waals surface area (Å²) < 4.78 is 5.33. The summed E-state index contributed by atoms with van der Waals surface area (Å²) in [6.07, 6.45) is 0.946. The Hall–Kier alpha value is -2.03. The Morgan fingerprint density at radius 1 is 1.28 bits per heavy atom. The highest BCUT2D eigenvalue weighted by Crippen LogP contribution is 2.16. The second-order valence-electron chi connectivity index (χ2n) is 5.97. The van der Waals surface area contributed by atoms with Gasteiger partial charge in [0.2, 0.25) is 11.7 Å². The molecule has 1 amide bonds. The molecule has 1 aliphatic heterocycles. The number of nitrogens with one attached hydrogen (secondary N) is 2. The maximum absolute atomic E-state index is 12.0. The molecule has 25 heavy (non-hydrogen) atoms. The van der Waals surface area contributed by atoms with Gasteiger partial charge in [-0.2, -0.15) is 4.80 Å². The van der Waals surface area contributed by atoms with Crippen LogP contribution >= 0.6 is 11.6 Å². The van der Waals surface area contributed by atoms with Crippen molar-refractivity contribution in [1.29, 1.82) is 0 Å². The molecule has 0 aliphatic carbocycles. The third-order valence-electron chi connectivity index (χ3n) is 4.07. The van der Waals surface area contributed by atoms with Crippen LogP contribution in [0.1, 0.15) is 6.42 Å². The molecule has 1 aromatic heterocycles. The zero-order valence-electron chi connectivity index (χ0n) is 13.9. The van der Waals surface area contributed by atoms with Crippen molar-refractivity contribution in [1.82, 2.24) is 25.5 Å². The lowest BCUT2D eigenvalue weighted by molar-refractivity contribution is -0.908. The first-order chi connectivity index (χ1) is 12.2. The van der Waals surface area contributed by atoms with E-state index in [9.17, 15) is 4.79 Å². The number of carbonyl (C=O) groups excluding carboxylic acids is 1. The lowest BCUT2D eigenvalue weighted by atomic mass is 10.2. The van der Waals surface area contributed by atoms with E-state index in [0.29, 0.717) is 17.4 Å². The van der Waals surface area contributed by atoms with Crippen LogP contribution in [-0.4, -0.2) is 65.5 Å². The van der Waals surface area contributed by atoms with Gasteiger partial charge >= 0.3 is 0 Å². The predicted molar refractivity (Wildman–Crippen MR) is 92.3 cm³/mol. The van der Waals surface area contributed by atoms with Crippen molar-refractivity contribution in [2.75, 3.05) is 39.4 Å². The Balaban J connectivity index is 1.40. The minimum Gasteiger partial charge on any atom is -0.370 e. The van der Waals surface area contributed by atoms with Crippen molar-refractivity contribution in [3.8, 4) is 11.4 Å². The minimum absolute atomic E-state index is 0.0605. The molecule has 0 unspecified atom stereocenters. The highest BCUT2D eigenvalue weighted by molar-refractivity contribution is 6.30. The highest BCUT2D eigenvalue weighted by atomic mass is 35.5. The molecule has 3 rings (SSSR count). The van der Waals surface area contributed by atoms with E-state index in [1.165, 1.54) is 9.70 Å². The molecule has 134 valence electrons. The van der Waals surface area contributed by atoms with E-state index in [-0.39, 0.29) is 12.5 Å². The number of hydrogen-bond acceptors (Lipinski definition) is 5. The highest BCUT2D eigenvalue weighted by Gasteiger charge is 2.13. The number of tetrazole rings is 1. The number of nitrogens with zero attached hydrogens (tertiary/aromatic N) is 4. The average molecular weight is 366 g/mol. The van der Waals surface area contributed by atoms with Crippen molar-refractivity contribution < 1.29 is 14.4 Å². The lowest BCUT2D eigenvalue weighted by Gasteiger charge is -2.23. The molecule has 0 saturated carbocycles. The maximum atomic E-state index is 12.0. The molecular weight excluding hydrogens is 344 g/mol. The SMILES string of the molecule is O=C(Cn1nnc(-c2ccc(Cl)cc2)n1)NCCC[NH+]1CCOCC1. The maximum Gasteiger partial charge on any atom is 0.243 e. The molecule has 1 aliphatic rings. The lowest BCUT2D eigenvalue weighted by Crippen LogP contribution is -3.14. The first-order valence-electron chi connectivity index (χ1n) is 8.42. The zero-order valence-corrected chi connectivity index (χ0v) is 14.7. The normalized spacial score (nSPS) is 15.2. The Bertz CT molecular complexity index is 684. The first-order valence-corrected chi connectivity index (χ1v) is 8.80. The molecule has 0 spiro atoms. The topological polar surface area (TPSA) is 86.4 Å². The van der Waals surface area contributed by atoms with Gasteiger partial charge in [0.25, 0.3) is 0 Å². The van der Waals surface area contributed by atoms with Gasteiger partial charge in [-0.1, -0.05) is 11.6 Å². The largest absolute Gasteiger partial charge is 0.370 e. The van der Waals surface area contributed by atoms with Crippen molar-refractivity contribution in [3.63, 3.8) is 0 Å². The summed E-state index contributed by atoms with van der Waals surface area (Å²) in [7, 11) is 0. The van der Waals surface area contributed by atoms with Gasteiger partial charge in [0.1, 0.15) is 19.6 Å². The number of ether oxygens (including phenoxy) is 1. The molecule has 9 heteroatoms. The molecule has 0 atom stereocenters. The third kappa shape index (κ3) is 5.48. The molecular formula is C16H22ClN6O2+. The van der Waals surface area contributed by atoms with Gasteiger partial charge in [0, 0.05) is 23.6 Å². The number of rotatable bonds is 7. The number of morpholine rings is 1. The van der Waals surface area contributed by atoms with E-state index in [1.54, 1.807) is 12.1 Å². The van der Waals surface area contributed by atoms with Crippen LogP contribution in [0, 0.1) is 0 Å². The summed E-state index contributed by atoms with van der Waals surface area (Å²) >= 11 is 5.86. The first kappa shape index (κ1) is 17.8. The molecule has 8 nitrogen and oxygen atoms in total.